The summed E-state index contributed by atoms with van der Waals surface area (Å²) in [7, 11) is 1.69. The number of benzene rings is 3. The molecule has 0 spiro atoms. The number of halogens is 3. The second-order valence-corrected chi connectivity index (χ2v) is 15.0. The number of fused-ring (bicyclic) bond motifs is 2. The summed E-state index contributed by atoms with van der Waals surface area (Å²) in [6.45, 7) is 7.38. The standard InChI is InChI=1S/C42H43ClF2N6O4/c1-4-55-42(53)27-20-51(21-27)34-12-11-25-16-26(17-35(54-3)36(25)34)30-8-5-9-31(37(30)43)29-7-6-10-32(23(29)2)47-40-38-33(48-41(49-40)39(44)45)15-24(18-46-38)19-50-14-13-28(52)22-50/h5-10,15-18,27-28,34,39,52H,4,11-14,19-22H2,1-3H3,(H,47,48,49)/t28-,34-/m1/s1. The van der Waals surface area contributed by atoms with Gasteiger partial charge in [-0.1, -0.05) is 48.0 Å². The van der Waals surface area contributed by atoms with Crippen LogP contribution in [0.15, 0.2) is 60.8 Å². The van der Waals surface area contributed by atoms with Crippen molar-refractivity contribution in [3.05, 3.63) is 93.9 Å². The van der Waals surface area contributed by atoms with Gasteiger partial charge in [0, 0.05) is 67.3 Å². The predicted molar refractivity (Wildman–Crippen MR) is 208 cm³/mol. The molecular weight excluding hydrogens is 726 g/mol. The third kappa shape index (κ3) is 7.24. The lowest BCUT2D eigenvalue weighted by atomic mass is 9.92. The lowest BCUT2D eigenvalue weighted by molar-refractivity contribution is -0.155. The van der Waals surface area contributed by atoms with Gasteiger partial charge in [-0.2, -0.15) is 0 Å². The van der Waals surface area contributed by atoms with Crippen molar-refractivity contribution in [1.82, 2.24) is 24.8 Å². The smallest absolute Gasteiger partial charge is 0.311 e. The van der Waals surface area contributed by atoms with Crippen LogP contribution in [0.2, 0.25) is 5.02 Å². The van der Waals surface area contributed by atoms with E-state index in [9.17, 15) is 18.7 Å². The molecule has 2 aliphatic heterocycles. The zero-order valence-corrected chi connectivity index (χ0v) is 31.7. The summed E-state index contributed by atoms with van der Waals surface area (Å²) in [5.74, 6) is 0.179. The SMILES string of the molecule is CCOC(=O)C1CN([C@@H]2CCc3cc(-c4cccc(-c5cccc(Nc6nc(C(F)F)nc7cc(CN8CC[C@@H](O)C8)cnc67)c5C)c4Cl)cc(OC)c32)C1. The van der Waals surface area contributed by atoms with Crippen LogP contribution in [-0.4, -0.2) is 81.8 Å². The molecule has 3 aliphatic rings. The number of rotatable bonds is 11. The van der Waals surface area contributed by atoms with E-state index in [1.165, 1.54) is 11.1 Å². The van der Waals surface area contributed by atoms with Gasteiger partial charge in [0.05, 0.1) is 36.3 Å². The quantitative estimate of drug-likeness (QED) is 0.128. The summed E-state index contributed by atoms with van der Waals surface area (Å²) in [4.78, 5) is 29.7. The second kappa shape index (κ2) is 15.4. The number of aliphatic hydroxyl groups is 1. The Morgan fingerprint density at radius 1 is 1.05 bits per heavy atom. The number of anilines is 2. The van der Waals surface area contributed by atoms with Gasteiger partial charge in [0.15, 0.2) is 11.6 Å². The van der Waals surface area contributed by atoms with Crippen molar-refractivity contribution < 1.29 is 28.2 Å². The molecule has 0 unspecified atom stereocenters. The van der Waals surface area contributed by atoms with E-state index in [0.29, 0.717) is 61.0 Å². The van der Waals surface area contributed by atoms with Crippen molar-refractivity contribution in [2.75, 3.05) is 45.2 Å². The molecule has 5 aromatic rings. The van der Waals surface area contributed by atoms with Crippen LogP contribution in [0.5, 0.6) is 5.75 Å². The molecule has 10 nitrogen and oxygen atoms in total. The number of aliphatic hydroxyl groups excluding tert-OH is 1. The molecule has 8 rings (SSSR count). The Hall–Kier alpha value is -4.75. The average molecular weight is 769 g/mol. The maximum Gasteiger partial charge on any atom is 0.311 e. The van der Waals surface area contributed by atoms with Crippen LogP contribution in [0.3, 0.4) is 0 Å². The van der Waals surface area contributed by atoms with Crippen LogP contribution >= 0.6 is 11.6 Å². The molecule has 2 saturated heterocycles. The van der Waals surface area contributed by atoms with Crippen LogP contribution in [-0.2, 0) is 22.5 Å². The molecule has 0 bridgehead atoms. The normalized spacial score (nSPS) is 18.8. The van der Waals surface area contributed by atoms with Crippen molar-refractivity contribution in [3.63, 3.8) is 0 Å². The number of ether oxygens (including phenoxy) is 2. The minimum absolute atomic E-state index is 0.0880. The van der Waals surface area contributed by atoms with Crippen molar-refractivity contribution >= 4 is 40.1 Å². The van der Waals surface area contributed by atoms with Crippen LogP contribution in [0.4, 0.5) is 20.3 Å². The van der Waals surface area contributed by atoms with E-state index in [1.807, 2.05) is 56.3 Å². The summed E-state index contributed by atoms with van der Waals surface area (Å²) >= 11 is 7.26. The number of carbonyl (C=O) groups excluding carboxylic acids is 1. The highest BCUT2D eigenvalue weighted by Gasteiger charge is 2.41. The zero-order valence-electron chi connectivity index (χ0n) is 31.0. The topological polar surface area (TPSA) is 113 Å². The van der Waals surface area contributed by atoms with E-state index in [2.05, 4.69) is 36.1 Å². The van der Waals surface area contributed by atoms with Crippen LogP contribution in [0, 0.1) is 12.8 Å². The van der Waals surface area contributed by atoms with E-state index in [4.69, 9.17) is 21.1 Å². The number of carbonyl (C=O) groups is 1. The lowest BCUT2D eigenvalue weighted by Crippen LogP contribution is -2.51. The molecule has 1 aliphatic carbocycles. The number of nitrogens with one attached hydrogen (secondary N) is 1. The van der Waals surface area contributed by atoms with Crippen molar-refractivity contribution in [3.8, 4) is 28.0 Å². The number of alkyl halides is 2. The first-order chi connectivity index (χ1) is 26.6. The maximum atomic E-state index is 14.1. The van der Waals surface area contributed by atoms with Gasteiger partial charge in [-0.25, -0.2) is 18.7 Å². The highest BCUT2D eigenvalue weighted by Crippen LogP contribution is 2.48. The monoisotopic (exact) mass is 768 g/mol. The van der Waals surface area contributed by atoms with Gasteiger partial charge in [-0.05, 0) is 79.1 Å². The van der Waals surface area contributed by atoms with E-state index >= 15 is 0 Å². The van der Waals surface area contributed by atoms with E-state index in [0.717, 1.165) is 58.5 Å². The second-order valence-electron chi connectivity index (χ2n) is 14.6. The van der Waals surface area contributed by atoms with Gasteiger partial charge >= 0.3 is 5.97 Å². The average Bonchev–Trinajstić information content (AvgIpc) is 3.77. The Balaban J connectivity index is 1.08. The number of esters is 1. The number of hydrogen-bond acceptors (Lipinski definition) is 10. The van der Waals surface area contributed by atoms with E-state index in [1.54, 1.807) is 19.4 Å². The predicted octanol–water partition coefficient (Wildman–Crippen LogP) is 8.06. The van der Waals surface area contributed by atoms with Gasteiger partial charge in [0.2, 0.25) is 0 Å². The number of methoxy groups -OCH3 is 1. The van der Waals surface area contributed by atoms with E-state index < -0.39 is 12.2 Å². The molecule has 2 fully saturated rings. The van der Waals surface area contributed by atoms with Crippen LogP contribution in [0.25, 0.3) is 33.3 Å². The summed E-state index contributed by atoms with van der Waals surface area (Å²) in [6.07, 6.45) is 0.995. The molecule has 3 aromatic carbocycles. The molecule has 13 heteroatoms. The molecule has 2 aromatic heterocycles. The van der Waals surface area contributed by atoms with E-state index in [-0.39, 0.29) is 29.9 Å². The first-order valence-electron chi connectivity index (χ1n) is 18.7. The highest BCUT2D eigenvalue weighted by molar-refractivity contribution is 6.36. The summed E-state index contributed by atoms with van der Waals surface area (Å²) < 4.78 is 39.4. The number of hydrogen-bond donors (Lipinski definition) is 2. The number of aryl methyl sites for hydroxylation is 1. The molecule has 286 valence electrons. The first kappa shape index (κ1) is 37.2. The van der Waals surface area contributed by atoms with Gasteiger partial charge in [0.1, 0.15) is 11.3 Å². The van der Waals surface area contributed by atoms with Gasteiger partial charge < -0.3 is 19.9 Å². The number of pyridine rings is 1. The van der Waals surface area contributed by atoms with Crippen molar-refractivity contribution in [2.45, 2.75) is 58.2 Å². The minimum Gasteiger partial charge on any atom is -0.496 e. The Kier molecular flexibility index (Phi) is 10.4. The summed E-state index contributed by atoms with van der Waals surface area (Å²) in [5.41, 5.74) is 8.89. The molecule has 2 N–H and O–H groups in total. The summed E-state index contributed by atoms with van der Waals surface area (Å²) in [5, 5.41) is 13.8. The summed E-state index contributed by atoms with van der Waals surface area (Å²) in [6, 6.07) is 17.9. The minimum atomic E-state index is -2.88. The van der Waals surface area contributed by atoms with Gasteiger partial charge in [-0.3, -0.25) is 19.6 Å². The fourth-order valence-electron chi connectivity index (χ4n) is 8.29. The molecular formula is C42H43ClF2N6O4. The molecule has 0 radical (unpaired) electrons. The molecule has 4 heterocycles. The van der Waals surface area contributed by atoms with Gasteiger partial charge in [-0.15, -0.1) is 0 Å². The lowest BCUT2D eigenvalue weighted by Gasteiger charge is -2.42. The molecule has 0 saturated carbocycles. The number of aromatic nitrogens is 3. The van der Waals surface area contributed by atoms with Gasteiger partial charge in [0.25, 0.3) is 6.43 Å². The Morgan fingerprint density at radius 2 is 1.84 bits per heavy atom. The maximum absolute atomic E-state index is 14.1. The first-order valence-corrected chi connectivity index (χ1v) is 19.1. The fraction of sp³-hybridized carbons (Fsp3) is 0.381. The third-order valence-electron chi connectivity index (χ3n) is 11.1. The molecule has 55 heavy (non-hydrogen) atoms. The number of β-amino-alcohol motifs (C(OH)–C–C–N with tert-alkyl or cyclic N) is 1. The Bertz CT molecular complexity index is 2270. The van der Waals surface area contributed by atoms with Crippen LogP contribution in [0.1, 0.15) is 60.3 Å². The molecule has 0 amide bonds. The third-order valence-corrected chi connectivity index (χ3v) is 11.5. The Labute approximate surface area is 323 Å². The number of likely N-dealkylation sites (tertiary alicyclic amines) is 2. The van der Waals surface area contributed by atoms with Crippen LogP contribution < -0.4 is 10.1 Å². The Morgan fingerprint density at radius 3 is 2.58 bits per heavy atom. The largest absolute Gasteiger partial charge is 0.496 e. The molecule has 2 atom stereocenters. The van der Waals surface area contributed by atoms with Crippen molar-refractivity contribution in [1.29, 1.82) is 0 Å². The fourth-order valence-corrected chi connectivity index (χ4v) is 8.63. The zero-order chi connectivity index (χ0) is 38.4. The van der Waals surface area contributed by atoms with Crippen molar-refractivity contribution in [2.24, 2.45) is 5.92 Å². The number of nitrogens with zero attached hydrogens (tertiary/aromatic N) is 5. The highest BCUT2D eigenvalue weighted by atomic mass is 35.5.